The number of nitro groups is 1. The van der Waals surface area contributed by atoms with E-state index in [1.807, 2.05) is 48.5 Å². The number of hydrazone groups is 1. The van der Waals surface area contributed by atoms with Crippen molar-refractivity contribution in [3.63, 3.8) is 0 Å². The molecule has 0 amide bonds. The first-order valence-corrected chi connectivity index (χ1v) is 10.1. The highest BCUT2D eigenvalue weighted by molar-refractivity contribution is 8.14. The van der Waals surface area contributed by atoms with Crippen LogP contribution in [-0.2, 0) is 6.61 Å². The molecular formula is C22H19N3O4S. The average molecular weight is 421 g/mol. The van der Waals surface area contributed by atoms with E-state index in [2.05, 4.69) is 10.5 Å². The van der Waals surface area contributed by atoms with Crippen molar-refractivity contribution in [2.75, 3.05) is 7.11 Å². The molecule has 0 aromatic heterocycles. The molecule has 0 unspecified atom stereocenters. The summed E-state index contributed by atoms with van der Waals surface area (Å²) in [4.78, 5) is 10.3. The Bertz CT molecular complexity index is 1070. The topological polar surface area (TPSA) is 86.0 Å². The summed E-state index contributed by atoms with van der Waals surface area (Å²) in [6.45, 7) is 0.283. The van der Waals surface area contributed by atoms with Gasteiger partial charge in [0.1, 0.15) is 17.0 Å². The Morgan fingerprint density at radius 3 is 2.53 bits per heavy atom. The van der Waals surface area contributed by atoms with Crippen molar-refractivity contribution in [1.29, 1.82) is 0 Å². The predicted molar refractivity (Wildman–Crippen MR) is 117 cm³/mol. The van der Waals surface area contributed by atoms with Gasteiger partial charge in [-0.2, -0.15) is 5.10 Å². The smallest absolute Gasteiger partial charge is 0.269 e. The zero-order valence-electron chi connectivity index (χ0n) is 16.1. The van der Waals surface area contributed by atoms with E-state index in [-0.39, 0.29) is 17.7 Å². The molecule has 0 spiro atoms. The number of benzene rings is 3. The van der Waals surface area contributed by atoms with Gasteiger partial charge in [0.05, 0.1) is 12.0 Å². The molecule has 30 heavy (non-hydrogen) atoms. The first-order chi connectivity index (χ1) is 14.6. The third-order valence-electron chi connectivity index (χ3n) is 4.57. The Labute approximate surface area is 177 Å². The highest BCUT2D eigenvalue weighted by Crippen LogP contribution is 2.38. The number of hydrogen-bond acceptors (Lipinski definition) is 7. The average Bonchev–Trinajstić information content (AvgIpc) is 3.29. The molecule has 7 nitrogen and oxygen atoms in total. The number of nitro benzene ring substituents is 1. The Morgan fingerprint density at radius 2 is 1.83 bits per heavy atom. The predicted octanol–water partition coefficient (Wildman–Crippen LogP) is 4.88. The second-order valence-electron chi connectivity index (χ2n) is 6.53. The Kier molecular flexibility index (Phi) is 5.85. The van der Waals surface area contributed by atoms with Crippen molar-refractivity contribution in [2.45, 2.75) is 12.0 Å². The lowest BCUT2D eigenvalue weighted by atomic mass is 10.2. The van der Waals surface area contributed by atoms with E-state index in [0.29, 0.717) is 11.5 Å². The fourth-order valence-electron chi connectivity index (χ4n) is 2.98. The molecule has 4 rings (SSSR count). The zero-order chi connectivity index (χ0) is 20.9. The van der Waals surface area contributed by atoms with Crippen molar-refractivity contribution >= 4 is 22.5 Å². The third kappa shape index (κ3) is 4.38. The number of thioether (sulfide) groups is 1. The van der Waals surface area contributed by atoms with Crippen molar-refractivity contribution in [3.8, 4) is 11.5 Å². The molecule has 0 saturated carbocycles. The van der Waals surface area contributed by atoms with Crippen LogP contribution >= 0.6 is 11.8 Å². The number of non-ortho nitro benzene ring substituents is 1. The van der Waals surface area contributed by atoms with E-state index in [0.717, 1.165) is 21.7 Å². The molecule has 0 bridgehead atoms. The van der Waals surface area contributed by atoms with Gasteiger partial charge in [0.25, 0.3) is 5.69 Å². The first-order valence-electron chi connectivity index (χ1n) is 9.23. The molecule has 0 aliphatic carbocycles. The van der Waals surface area contributed by atoms with Crippen LogP contribution < -0.4 is 14.9 Å². The SMILES string of the molecule is COc1cc([C@@H]2NN=C(c3ccccc3)S2)ccc1OCc1ccc([N+](=O)[O-])cc1. The van der Waals surface area contributed by atoms with Gasteiger partial charge in [-0.15, -0.1) is 0 Å². The fourth-order valence-corrected chi connectivity index (χ4v) is 3.97. The van der Waals surface area contributed by atoms with Gasteiger partial charge in [-0.1, -0.05) is 48.2 Å². The zero-order valence-corrected chi connectivity index (χ0v) is 17.0. The number of methoxy groups -OCH3 is 1. The van der Waals surface area contributed by atoms with Gasteiger partial charge >= 0.3 is 0 Å². The van der Waals surface area contributed by atoms with Gasteiger partial charge in [0.15, 0.2) is 11.5 Å². The maximum atomic E-state index is 10.8. The molecule has 0 fully saturated rings. The molecule has 3 aromatic carbocycles. The van der Waals surface area contributed by atoms with Crippen LogP contribution in [0.5, 0.6) is 11.5 Å². The van der Waals surface area contributed by atoms with Crippen LogP contribution in [-0.4, -0.2) is 17.1 Å². The number of nitrogens with one attached hydrogen (secondary N) is 1. The monoisotopic (exact) mass is 421 g/mol. The maximum Gasteiger partial charge on any atom is 0.269 e. The minimum Gasteiger partial charge on any atom is -0.493 e. The normalized spacial score (nSPS) is 15.2. The van der Waals surface area contributed by atoms with Crippen molar-refractivity contribution in [1.82, 2.24) is 5.43 Å². The Morgan fingerprint density at radius 1 is 1.07 bits per heavy atom. The summed E-state index contributed by atoms with van der Waals surface area (Å²) in [5.41, 5.74) is 6.15. The molecule has 8 heteroatoms. The van der Waals surface area contributed by atoms with Crippen molar-refractivity contribution < 1.29 is 14.4 Å². The van der Waals surface area contributed by atoms with Crippen LogP contribution in [0, 0.1) is 10.1 Å². The van der Waals surface area contributed by atoms with E-state index in [1.54, 1.807) is 31.0 Å². The van der Waals surface area contributed by atoms with E-state index in [1.165, 1.54) is 12.1 Å². The molecule has 3 aromatic rings. The standard InChI is InChI=1S/C22H19N3O4S/c1-28-20-13-17(22-24-23-21(30-22)16-5-3-2-4-6-16)9-12-19(20)29-14-15-7-10-18(11-8-15)25(26)27/h2-13,22,24H,14H2,1H3/t22-/m1/s1. The fraction of sp³-hybridized carbons (Fsp3) is 0.136. The summed E-state index contributed by atoms with van der Waals surface area (Å²) in [5, 5.41) is 16.1. The van der Waals surface area contributed by atoms with E-state index >= 15 is 0 Å². The molecule has 1 aliphatic heterocycles. The largest absolute Gasteiger partial charge is 0.493 e. The van der Waals surface area contributed by atoms with Gasteiger partial charge in [0, 0.05) is 17.7 Å². The lowest BCUT2D eigenvalue weighted by Crippen LogP contribution is -2.07. The number of nitrogens with zero attached hydrogens (tertiary/aromatic N) is 2. The molecule has 1 N–H and O–H groups in total. The quantitative estimate of drug-likeness (QED) is 0.432. The molecule has 0 saturated heterocycles. The van der Waals surface area contributed by atoms with Crippen LogP contribution in [0.25, 0.3) is 0 Å². The minimum atomic E-state index is -0.422. The maximum absolute atomic E-state index is 10.8. The van der Waals surface area contributed by atoms with Crippen LogP contribution in [0.2, 0.25) is 0 Å². The lowest BCUT2D eigenvalue weighted by Gasteiger charge is -2.15. The van der Waals surface area contributed by atoms with Crippen LogP contribution in [0.3, 0.4) is 0 Å². The van der Waals surface area contributed by atoms with Crippen LogP contribution in [0.1, 0.15) is 22.1 Å². The highest BCUT2D eigenvalue weighted by atomic mass is 32.2. The summed E-state index contributed by atoms with van der Waals surface area (Å²) in [6.07, 6.45) is 0. The van der Waals surface area contributed by atoms with E-state index < -0.39 is 4.92 Å². The Hall–Kier alpha value is -3.52. The second kappa shape index (κ2) is 8.87. The number of hydrogen-bond donors (Lipinski definition) is 1. The molecular weight excluding hydrogens is 402 g/mol. The molecule has 152 valence electrons. The molecule has 0 radical (unpaired) electrons. The minimum absolute atomic E-state index is 0.0159. The first kappa shape index (κ1) is 19.8. The van der Waals surface area contributed by atoms with Crippen molar-refractivity contribution in [2.24, 2.45) is 5.10 Å². The van der Waals surface area contributed by atoms with Crippen LogP contribution in [0.15, 0.2) is 77.9 Å². The van der Waals surface area contributed by atoms with Crippen LogP contribution in [0.4, 0.5) is 5.69 Å². The lowest BCUT2D eigenvalue weighted by molar-refractivity contribution is -0.384. The molecule has 1 atom stereocenters. The summed E-state index contributed by atoms with van der Waals surface area (Å²) in [6, 6.07) is 22.1. The van der Waals surface area contributed by atoms with Gasteiger partial charge in [0.2, 0.25) is 0 Å². The van der Waals surface area contributed by atoms with Gasteiger partial charge in [-0.05, 0) is 35.4 Å². The second-order valence-corrected chi connectivity index (χ2v) is 7.63. The molecule has 1 aliphatic rings. The third-order valence-corrected chi connectivity index (χ3v) is 5.73. The number of ether oxygens (including phenoxy) is 2. The summed E-state index contributed by atoms with van der Waals surface area (Å²) < 4.78 is 11.4. The van der Waals surface area contributed by atoms with Gasteiger partial charge in [-0.25, -0.2) is 0 Å². The molecule has 1 heterocycles. The Balaban J connectivity index is 1.42. The van der Waals surface area contributed by atoms with E-state index in [9.17, 15) is 10.1 Å². The van der Waals surface area contributed by atoms with Gasteiger partial charge in [-0.3, -0.25) is 15.5 Å². The summed E-state index contributed by atoms with van der Waals surface area (Å²) >= 11 is 1.64. The summed E-state index contributed by atoms with van der Waals surface area (Å²) in [5.74, 6) is 1.22. The highest BCUT2D eigenvalue weighted by Gasteiger charge is 2.23. The number of rotatable bonds is 7. The van der Waals surface area contributed by atoms with Gasteiger partial charge < -0.3 is 9.47 Å². The van der Waals surface area contributed by atoms with Crippen molar-refractivity contribution in [3.05, 3.63) is 99.6 Å². The van der Waals surface area contributed by atoms with E-state index in [4.69, 9.17) is 9.47 Å². The summed E-state index contributed by atoms with van der Waals surface area (Å²) in [7, 11) is 1.60.